The van der Waals surface area contributed by atoms with Gasteiger partial charge in [0.15, 0.2) is 0 Å². The molecule has 0 atom stereocenters. The Labute approximate surface area is 102 Å². The van der Waals surface area contributed by atoms with Gasteiger partial charge in [-0.15, -0.1) is 0 Å². The molecule has 2 N–H and O–H groups in total. The number of aliphatic hydroxyl groups excluding tert-OH is 1. The van der Waals surface area contributed by atoms with E-state index in [1.165, 1.54) is 0 Å². The van der Waals surface area contributed by atoms with Crippen molar-refractivity contribution in [2.75, 3.05) is 13.2 Å². The zero-order chi connectivity index (χ0) is 13.1. The number of nitro groups is 1. The summed E-state index contributed by atoms with van der Waals surface area (Å²) < 4.78 is 25.3. The van der Waals surface area contributed by atoms with Gasteiger partial charge in [-0.3, -0.25) is 10.1 Å². The molecule has 94 valence electrons. The molecule has 1 aromatic rings. The molecule has 0 fully saturated rings. The highest BCUT2D eigenvalue weighted by molar-refractivity contribution is 7.89. The van der Waals surface area contributed by atoms with Crippen LogP contribution in [0.5, 0.6) is 0 Å². The molecule has 0 unspecified atom stereocenters. The summed E-state index contributed by atoms with van der Waals surface area (Å²) in [5.74, 6) is 0. The lowest BCUT2D eigenvalue weighted by Gasteiger charge is -2.06. The molecular weight excluding hydrogens is 272 g/mol. The first-order valence-electron chi connectivity index (χ1n) is 4.43. The van der Waals surface area contributed by atoms with Crippen LogP contribution in [0.15, 0.2) is 23.1 Å². The van der Waals surface area contributed by atoms with Gasteiger partial charge < -0.3 is 5.11 Å². The van der Waals surface area contributed by atoms with Crippen LogP contribution in [0.2, 0.25) is 5.02 Å². The lowest BCUT2D eigenvalue weighted by Crippen LogP contribution is -2.26. The Hall–Kier alpha value is -1.22. The highest BCUT2D eigenvalue weighted by Gasteiger charge is 2.19. The molecule has 1 rings (SSSR count). The number of benzene rings is 1. The normalized spacial score (nSPS) is 11.4. The molecule has 7 nitrogen and oxygen atoms in total. The van der Waals surface area contributed by atoms with Crippen molar-refractivity contribution in [3.05, 3.63) is 33.3 Å². The third-order valence-corrected chi connectivity index (χ3v) is 3.76. The van der Waals surface area contributed by atoms with Crippen LogP contribution in [0.1, 0.15) is 0 Å². The minimum Gasteiger partial charge on any atom is -0.395 e. The van der Waals surface area contributed by atoms with Crippen LogP contribution in [0.3, 0.4) is 0 Å². The van der Waals surface area contributed by atoms with Gasteiger partial charge >= 0.3 is 0 Å². The molecule has 0 aromatic heterocycles. The first kappa shape index (κ1) is 13.8. The molecule has 9 heteroatoms. The number of hydrogen-bond donors (Lipinski definition) is 2. The Balaban J connectivity index is 3.12. The van der Waals surface area contributed by atoms with Crippen LogP contribution in [0.4, 0.5) is 5.69 Å². The average molecular weight is 281 g/mol. The van der Waals surface area contributed by atoms with E-state index < -0.39 is 14.9 Å². The maximum Gasteiger partial charge on any atom is 0.271 e. The molecule has 0 saturated heterocycles. The first-order valence-corrected chi connectivity index (χ1v) is 6.29. The predicted molar refractivity (Wildman–Crippen MR) is 60.4 cm³/mol. The number of nitrogens with one attached hydrogen (secondary N) is 1. The van der Waals surface area contributed by atoms with E-state index in [1.54, 1.807) is 0 Å². The third-order valence-electron chi connectivity index (χ3n) is 1.82. The topological polar surface area (TPSA) is 110 Å². The number of hydrogen-bond acceptors (Lipinski definition) is 5. The van der Waals surface area contributed by atoms with Gasteiger partial charge in [-0.1, -0.05) is 11.6 Å². The summed E-state index contributed by atoms with van der Waals surface area (Å²) in [6.07, 6.45) is 0. The summed E-state index contributed by atoms with van der Waals surface area (Å²) in [5.41, 5.74) is -0.295. The molecule has 0 heterocycles. The minimum absolute atomic E-state index is 0.157. The molecule has 0 aliphatic carbocycles. The van der Waals surface area contributed by atoms with Gasteiger partial charge in [0.2, 0.25) is 10.0 Å². The lowest BCUT2D eigenvalue weighted by atomic mass is 10.3. The number of aliphatic hydroxyl groups is 1. The van der Waals surface area contributed by atoms with Crippen molar-refractivity contribution in [3.8, 4) is 0 Å². The predicted octanol–water partition coefficient (Wildman–Crippen LogP) is 0.519. The van der Waals surface area contributed by atoms with Gasteiger partial charge in [-0.05, 0) is 6.07 Å². The largest absolute Gasteiger partial charge is 0.395 e. The summed E-state index contributed by atoms with van der Waals surface area (Å²) in [6.45, 7) is -0.514. The standard InChI is InChI=1S/C8H9ClN2O5S/c9-7-5-6(11(13)14)1-2-8(7)17(15,16)10-3-4-12/h1-2,5,10,12H,3-4H2. The smallest absolute Gasteiger partial charge is 0.271 e. The molecule has 0 amide bonds. The average Bonchev–Trinajstić information content (AvgIpc) is 2.25. The molecule has 0 spiro atoms. The third kappa shape index (κ3) is 3.37. The van der Waals surface area contributed by atoms with E-state index >= 15 is 0 Å². The summed E-state index contributed by atoms with van der Waals surface area (Å²) in [5, 5.41) is 18.7. The number of rotatable bonds is 5. The number of nitrogens with zero attached hydrogens (tertiary/aromatic N) is 1. The van der Waals surface area contributed by atoms with Crippen molar-refractivity contribution in [3.63, 3.8) is 0 Å². The molecule has 17 heavy (non-hydrogen) atoms. The second-order valence-corrected chi connectivity index (χ2v) is 5.14. The van der Waals surface area contributed by atoms with Crippen LogP contribution in [0.25, 0.3) is 0 Å². The van der Waals surface area contributed by atoms with Crippen LogP contribution >= 0.6 is 11.6 Å². The van der Waals surface area contributed by atoms with Gasteiger partial charge in [0.25, 0.3) is 5.69 Å². The van der Waals surface area contributed by atoms with E-state index in [0.717, 1.165) is 18.2 Å². The highest BCUT2D eigenvalue weighted by atomic mass is 35.5. The van der Waals surface area contributed by atoms with Gasteiger partial charge in [0.1, 0.15) is 4.90 Å². The van der Waals surface area contributed by atoms with Crippen molar-refractivity contribution < 1.29 is 18.4 Å². The van der Waals surface area contributed by atoms with Crippen LogP contribution in [-0.2, 0) is 10.0 Å². The zero-order valence-electron chi connectivity index (χ0n) is 8.46. The fraction of sp³-hybridized carbons (Fsp3) is 0.250. The molecular formula is C8H9ClN2O5S. The Morgan fingerprint density at radius 3 is 2.59 bits per heavy atom. The van der Waals surface area contributed by atoms with Gasteiger partial charge in [-0.25, -0.2) is 13.1 Å². The first-order chi connectivity index (χ1) is 7.88. The maximum absolute atomic E-state index is 11.6. The molecule has 1 aromatic carbocycles. The van der Waals surface area contributed by atoms with E-state index in [9.17, 15) is 18.5 Å². The van der Waals surface area contributed by atoms with Crippen molar-refractivity contribution in [2.45, 2.75) is 4.90 Å². The number of halogens is 1. The van der Waals surface area contributed by atoms with Crippen molar-refractivity contribution in [2.24, 2.45) is 0 Å². The summed E-state index contributed by atoms with van der Waals surface area (Å²) in [4.78, 5) is 9.49. The Morgan fingerprint density at radius 2 is 2.12 bits per heavy atom. The Morgan fingerprint density at radius 1 is 1.47 bits per heavy atom. The molecule has 0 aliphatic rings. The SMILES string of the molecule is O=[N+]([O-])c1ccc(S(=O)(=O)NCCO)c(Cl)c1. The maximum atomic E-state index is 11.6. The number of nitro benzene ring substituents is 1. The Bertz CT molecular complexity index is 531. The van der Waals surface area contributed by atoms with E-state index in [2.05, 4.69) is 4.72 Å². The van der Waals surface area contributed by atoms with Crippen molar-refractivity contribution in [1.29, 1.82) is 0 Å². The van der Waals surface area contributed by atoms with Crippen LogP contribution in [-0.4, -0.2) is 31.6 Å². The van der Waals surface area contributed by atoms with E-state index in [-0.39, 0.29) is 28.8 Å². The van der Waals surface area contributed by atoms with Crippen LogP contribution in [0, 0.1) is 10.1 Å². The Kier molecular flexibility index (Phi) is 4.40. The van der Waals surface area contributed by atoms with Gasteiger partial charge in [0.05, 0.1) is 16.6 Å². The van der Waals surface area contributed by atoms with E-state index in [4.69, 9.17) is 16.7 Å². The summed E-state index contributed by atoms with van der Waals surface area (Å²) >= 11 is 5.65. The lowest BCUT2D eigenvalue weighted by molar-refractivity contribution is -0.384. The second kappa shape index (κ2) is 5.41. The molecule has 0 aliphatic heterocycles. The quantitative estimate of drug-likeness (QED) is 0.603. The minimum atomic E-state index is -3.86. The van der Waals surface area contributed by atoms with Gasteiger partial charge in [0, 0.05) is 18.7 Å². The van der Waals surface area contributed by atoms with E-state index in [0.29, 0.717) is 0 Å². The summed E-state index contributed by atoms with van der Waals surface area (Å²) in [6, 6.07) is 3.04. The molecule has 0 saturated carbocycles. The van der Waals surface area contributed by atoms with E-state index in [1.807, 2.05) is 0 Å². The van der Waals surface area contributed by atoms with Gasteiger partial charge in [-0.2, -0.15) is 0 Å². The fourth-order valence-corrected chi connectivity index (χ4v) is 2.64. The summed E-state index contributed by atoms with van der Waals surface area (Å²) in [7, 11) is -3.86. The molecule has 0 radical (unpaired) electrons. The van der Waals surface area contributed by atoms with Crippen molar-refractivity contribution >= 4 is 27.3 Å². The fourth-order valence-electron chi connectivity index (χ4n) is 1.08. The second-order valence-electron chi connectivity index (χ2n) is 2.99. The monoisotopic (exact) mass is 280 g/mol. The number of non-ortho nitro benzene ring substituents is 1. The highest BCUT2D eigenvalue weighted by Crippen LogP contribution is 2.25. The molecule has 0 bridgehead atoms. The van der Waals surface area contributed by atoms with Crippen molar-refractivity contribution in [1.82, 2.24) is 4.72 Å². The van der Waals surface area contributed by atoms with Crippen LogP contribution < -0.4 is 4.72 Å². The number of sulfonamides is 1. The zero-order valence-corrected chi connectivity index (χ0v) is 10.0.